The van der Waals surface area contributed by atoms with Crippen LogP contribution in [0.3, 0.4) is 0 Å². The standard InChI is InChI=1S/C15H29NO/c1-3-14(11-17-2)16-15-9-8-12-6-4-5-7-13(12)10-15/h12-16H,3-11H2,1-2H3. The van der Waals surface area contributed by atoms with Gasteiger partial charge in [0.05, 0.1) is 6.61 Å². The van der Waals surface area contributed by atoms with E-state index < -0.39 is 0 Å². The van der Waals surface area contributed by atoms with Crippen LogP contribution in [0, 0.1) is 11.8 Å². The topological polar surface area (TPSA) is 21.3 Å². The van der Waals surface area contributed by atoms with Crippen molar-refractivity contribution in [1.82, 2.24) is 5.32 Å². The van der Waals surface area contributed by atoms with Crippen LogP contribution in [0.25, 0.3) is 0 Å². The lowest BCUT2D eigenvalue weighted by atomic mass is 9.69. The van der Waals surface area contributed by atoms with Crippen LogP contribution in [0.15, 0.2) is 0 Å². The van der Waals surface area contributed by atoms with Gasteiger partial charge in [-0.2, -0.15) is 0 Å². The van der Waals surface area contributed by atoms with E-state index in [-0.39, 0.29) is 0 Å². The molecule has 0 saturated heterocycles. The van der Waals surface area contributed by atoms with Crippen LogP contribution in [0.1, 0.15) is 58.3 Å². The summed E-state index contributed by atoms with van der Waals surface area (Å²) in [7, 11) is 1.81. The minimum atomic E-state index is 0.560. The van der Waals surface area contributed by atoms with Crippen molar-refractivity contribution in [3.63, 3.8) is 0 Å². The molecular weight excluding hydrogens is 210 g/mol. The zero-order valence-corrected chi connectivity index (χ0v) is 11.6. The Balaban J connectivity index is 1.78. The minimum Gasteiger partial charge on any atom is -0.383 e. The van der Waals surface area contributed by atoms with Crippen LogP contribution in [0.4, 0.5) is 0 Å². The summed E-state index contributed by atoms with van der Waals surface area (Å²) in [5.41, 5.74) is 0. The van der Waals surface area contributed by atoms with Gasteiger partial charge in [0.15, 0.2) is 0 Å². The van der Waals surface area contributed by atoms with Gasteiger partial charge >= 0.3 is 0 Å². The smallest absolute Gasteiger partial charge is 0.0615 e. The zero-order chi connectivity index (χ0) is 12.1. The molecule has 100 valence electrons. The first kappa shape index (κ1) is 13.4. The maximum atomic E-state index is 5.28. The lowest BCUT2D eigenvalue weighted by molar-refractivity contribution is 0.116. The van der Waals surface area contributed by atoms with Crippen LogP contribution < -0.4 is 5.32 Å². The molecular formula is C15H29NO. The fourth-order valence-corrected chi connectivity index (χ4v) is 3.84. The van der Waals surface area contributed by atoms with E-state index in [2.05, 4.69) is 12.2 Å². The summed E-state index contributed by atoms with van der Waals surface area (Å²) in [6.45, 7) is 3.12. The molecule has 0 heterocycles. The number of hydrogen-bond donors (Lipinski definition) is 1. The van der Waals surface area contributed by atoms with Crippen LogP contribution >= 0.6 is 0 Å². The highest BCUT2D eigenvalue weighted by Crippen LogP contribution is 2.40. The summed E-state index contributed by atoms with van der Waals surface area (Å²) in [5.74, 6) is 2.08. The average molecular weight is 239 g/mol. The fraction of sp³-hybridized carbons (Fsp3) is 1.00. The van der Waals surface area contributed by atoms with E-state index in [1.807, 2.05) is 7.11 Å². The van der Waals surface area contributed by atoms with E-state index in [4.69, 9.17) is 4.74 Å². The lowest BCUT2D eigenvalue weighted by Crippen LogP contribution is -2.45. The summed E-state index contributed by atoms with van der Waals surface area (Å²) in [5, 5.41) is 3.81. The van der Waals surface area contributed by atoms with Crippen molar-refractivity contribution in [2.24, 2.45) is 11.8 Å². The third-order valence-corrected chi connectivity index (χ3v) is 4.87. The van der Waals surface area contributed by atoms with Crippen molar-refractivity contribution >= 4 is 0 Å². The highest BCUT2D eigenvalue weighted by atomic mass is 16.5. The molecule has 0 aromatic rings. The summed E-state index contributed by atoms with van der Waals surface area (Å²) in [6, 6.07) is 1.32. The van der Waals surface area contributed by atoms with Gasteiger partial charge in [-0.05, 0) is 37.5 Å². The normalized spacial score (nSPS) is 35.3. The number of ether oxygens (including phenoxy) is 1. The van der Waals surface area contributed by atoms with E-state index in [0.717, 1.165) is 24.5 Å². The molecule has 0 radical (unpaired) electrons. The van der Waals surface area contributed by atoms with Crippen molar-refractivity contribution < 1.29 is 4.74 Å². The van der Waals surface area contributed by atoms with E-state index >= 15 is 0 Å². The first-order chi connectivity index (χ1) is 8.33. The Bertz CT molecular complexity index is 217. The quantitative estimate of drug-likeness (QED) is 0.794. The van der Waals surface area contributed by atoms with Gasteiger partial charge in [0.1, 0.15) is 0 Å². The average Bonchev–Trinajstić information content (AvgIpc) is 2.38. The van der Waals surface area contributed by atoms with Crippen molar-refractivity contribution in [2.75, 3.05) is 13.7 Å². The zero-order valence-electron chi connectivity index (χ0n) is 11.6. The van der Waals surface area contributed by atoms with Crippen molar-refractivity contribution in [3.05, 3.63) is 0 Å². The Morgan fingerprint density at radius 2 is 1.88 bits per heavy atom. The van der Waals surface area contributed by atoms with Crippen LogP contribution in [-0.2, 0) is 4.74 Å². The third kappa shape index (κ3) is 3.69. The minimum absolute atomic E-state index is 0.560. The van der Waals surface area contributed by atoms with Crippen LogP contribution in [0.2, 0.25) is 0 Å². The van der Waals surface area contributed by atoms with Crippen molar-refractivity contribution in [1.29, 1.82) is 0 Å². The van der Waals surface area contributed by atoms with Gasteiger partial charge in [-0.1, -0.05) is 32.6 Å². The molecule has 0 aliphatic heterocycles. The molecule has 2 aliphatic rings. The van der Waals surface area contributed by atoms with Gasteiger partial charge < -0.3 is 10.1 Å². The fourth-order valence-electron chi connectivity index (χ4n) is 3.84. The Morgan fingerprint density at radius 3 is 2.59 bits per heavy atom. The van der Waals surface area contributed by atoms with Gasteiger partial charge in [-0.15, -0.1) is 0 Å². The second-order valence-corrected chi connectivity index (χ2v) is 6.04. The second-order valence-electron chi connectivity index (χ2n) is 6.04. The maximum Gasteiger partial charge on any atom is 0.0615 e. The number of rotatable bonds is 5. The number of fused-ring (bicyclic) bond motifs is 1. The van der Waals surface area contributed by atoms with Crippen LogP contribution in [-0.4, -0.2) is 25.8 Å². The molecule has 2 rings (SSSR count). The molecule has 2 heteroatoms. The molecule has 4 unspecified atom stereocenters. The van der Waals surface area contributed by atoms with E-state index in [1.165, 1.54) is 51.4 Å². The summed E-state index contributed by atoms with van der Waals surface area (Å²) in [4.78, 5) is 0. The van der Waals surface area contributed by atoms with Gasteiger partial charge in [0.25, 0.3) is 0 Å². The Hall–Kier alpha value is -0.0800. The number of hydrogen-bond acceptors (Lipinski definition) is 2. The van der Waals surface area contributed by atoms with Crippen molar-refractivity contribution in [3.8, 4) is 0 Å². The van der Waals surface area contributed by atoms with E-state index in [1.54, 1.807) is 0 Å². The molecule has 2 fully saturated rings. The van der Waals surface area contributed by atoms with Gasteiger partial charge in [0, 0.05) is 19.2 Å². The molecule has 2 aliphatic carbocycles. The van der Waals surface area contributed by atoms with Crippen LogP contribution in [0.5, 0.6) is 0 Å². The molecule has 0 spiro atoms. The Kier molecular flexibility index (Phi) is 5.30. The second kappa shape index (κ2) is 6.75. The predicted octanol–water partition coefficient (Wildman–Crippen LogP) is 3.36. The Morgan fingerprint density at radius 1 is 1.12 bits per heavy atom. The first-order valence-corrected chi connectivity index (χ1v) is 7.58. The molecule has 0 aromatic heterocycles. The lowest BCUT2D eigenvalue weighted by Gasteiger charge is -2.40. The molecule has 17 heavy (non-hydrogen) atoms. The number of nitrogens with one attached hydrogen (secondary N) is 1. The predicted molar refractivity (Wildman–Crippen MR) is 72.2 cm³/mol. The first-order valence-electron chi connectivity index (χ1n) is 7.58. The largest absolute Gasteiger partial charge is 0.383 e. The molecule has 2 nitrogen and oxygen atoms in total. The SMILES string of the molecule is CCC(COC)NC1CCC2CCCCC2C1. The van der Waals surface area contributed by atoms with Gasteiger partial charge in [0.2, 0.25) is 0 Å². The summed E-state index contributed by atoms with van der Waals surface area (Å²) in [6.07, 6.45) is 11.4. The molecule has 4 atom stereocenters. The van der Waals surface area contributed by atoms with Gasteiger partial charge in [-0.25, -0.2) is 0 Å². The molecule has 1 N–H and O–H groups in total. The molecule has 0 bridgehead atoms. The van der Waals surface area contributed by atoms with Gasteiger partial charge in [-0.3, -0.25) is 0 Å². The highest BCUT2D eigenvalue weighted by Gasteiger charge is 2.32. The molecule has 0 aromatic carbocycles. The molecule has 0 amide bonds. The summed E-state index contributed by atoms with van der Waals surface area (Å²) < 4.78 is 5.28. The Labute approximate surface area is 107 Å². The monoisotopic (exact) mass is 239 g/mol. The summed E-state index contributed by atoms with van der Waals surface area (Å²) >= 11 is 0. The van der Waals surface area contributed by atoms with Crippen molar-refractivity contribution in [2.45, 2.75) is 70.4 Å². The molecule has 2 saturated carbocycles. The highest BCUT2D eigenvalue weighted by molar-refractivity contribution is 4.87. The maximum absolute atomic E-state index is 5.28. The van der Waals surface area contributed by atoms with E-state index in [9.17, 15) is 0 Å². The third-order valence-electron chi connectivity index (χ3n) is 4.87. The van der Waals surface area contributed by atoms with E-state index in [0.29, 0.717) is 6.04 Å². The number of methoxy groups -OCH3 is 1.